The van der Waals surface area contributed by atoms with Crippen molar-refractivity contribution in [1.29, 1.82) is 0 Å². The molecule has 0 saturated heterocycles. The lowest BCUT2D eigenvalue weighted by Gasteiger charge is -2.22. The maximum Gasteiger partial charge on any atom is 0.263 e. The van der Waals surface area contributed by atoms with Gasteiger partial charge in [0.1, 0.15) is 0 Å². The summed E-state index contributed by atoms with van der Waals surface area (Å²) in [6, 6.07) is 15.1. The van der Waals surface area contributed by atoms with E-state index in [9.17, 15) is 5.11 Å². The second-order valence-electron chi connectivity index (χ2n) is 29.6. The molecule has 2 amide bonds. The van der Waals surface area contributed by atoms with Crippen molar-refractivity contribution in [3.63, 3.8) is 0 Å². The number of aryl methyl sites for hydroxylation is 7. The number of aliphatic hydroxyl groups excluding tert-OH is 1. The summed E-state index contributed by atoms with van der Waals surface area (Å²) < 4.78 is 0. The Hall–Kier alpha value is -3.00. The van der Waals surface area contributed by atoms with Crippen molar-refractivity contribution in [3.05, 3.63) is 90.7 Å². The van der Waals surface area contributed by atoms with Gasteiger partial charge in [-0.25, -0.2) is 0 Å². The molecule has 1 N–H and O–H groups in total. The molecule has 0 saturated carbocycles. The summed E-state index contributed by atoms with van der Waals surface area (Å²) in [5.41, 5.74) is 9.96. The van der Waals surface area contributed by atoms with E-state index in [1.165, 1.54) is 305 Å². The zero-order valence-corrected chi connectivity index (χ0v) is 69.3. The number of hydrogen-bond acceptors (Lipinski definition) is 10. The molecule has 1 aliphatic rings. The zero-order chi connectivity index (χ0) is 70.1. The van der Waals surface area contributed by atoms with Crippen LogP contribution in [0.4, 0.5) is 0 Å². The minimum Gasteiger partial charge on any atom is -0.391 e. The van der Waals surface area contributed by atoms with Crippen LogP contribution < -0.4 is 0 Å². The molecule has 1 aliphatic heterocycles. The van der Waals surface area contributed by atoms with Crippen LogP contribution in [0, 0.1) is 12.8 Å². The summed E-state index contributed by atoms with van der Waals surface area (Å²) >= 11 is 13.5. The zero-order valence-electron chi connectivity index (χ0n) is 63.6. The quantitative estimate of drug-likeness (QED) is 0.0305. The maximum atomic E-state index is 16.0. The highest BCUT2D eigenvalue weighted by atomic mass is 32.1. The number of amides is 2. The first-order valence-corrected chi connectivity index (χ1v) is 46.6. The van der Waals surface area contributed by atoms with Crippen molar-refractivity contribution in [1.82, 2.24) is 4.90 Å². The number of carbonyl (C=O) groups excluding carboxylic acids is 2. The average molecular weight is 1480 g/mol. The van der Waals surface area contributed by atoms with Gasteiger partial charge in [0.15, 0.2) is 0 Å². The van der Waals surface area contributed by atoms with Gasteiger partial charge in [-0.2, -0.15) is 0 Å². The maximum absolute atomic E-state index is 16.0. The summed E-state index contributed by atoms with van der Waals surface area (Å²) in [5, 5.41) is 10.7. The highest BCUT2D eigenvalue weighted by molar-refractivity contribution is 7.31. The Morgan fingerprint density at radius 3 is 0.929 bits per heavy atom. The van der Waals surface area contributed by atoms with E-state index in [2.05, 4.69) is 98.7 Å². The van der Waals surface area contributed by atoms with Crippen LogP contribution in [0.3, 0.4) is 0 Å². The number of rotatable bonds is 55. The van der Waals surface area contributed by atoms with Gasteiger partial charge in [-0.15, -0.1) is 79.4 Å². The smallest absolute Gasteiger partial charge is 0.263 e. The highest BCUT2D eigenvalue weighted by Gasteiger charge is 2.44. The van der Waals surface area contributed by atoms with Crippen molar-refractivity contribution < 1.29 is 14.7 Å². The van der Waals surface area contributed by atoms with Crippen LogP contribution in [0.25, 0.3) is 58.5 Å². The number of aliphatic hydroxyl groups is 1. The first-order chi connectivity index (χ1) is 48.5. The minimum atomic E-state index is -0.0678. The van der Waals surface area contributed by atoms with Crippen molar-refractivity contribution in [3.8, 4) is 58.5 Å². The Morgan fingerprint density at radius 1 is 0.313 bits per heavy atom. The first-order valence-electron chi connectivity index (χ1n) is 40.9. The van der Waals surface area contributed by atoms with Crippen molar-refractivity contribution >= 4 is 91.2 Å². The molecule has 0 bridgehead atoms. The molecular weight excluding hydrogens is 1340 g/mol. The normalized spacial score (nSPS) is 12.8. The Morgan fingerprint density at radius 2 is 0.596 bits per heavy atom. The molecule has 11 heteroatoms. The van der Waals surface area contributed by atoms with Crippen LogP contribution in [-0.2, 0) is 45.1 Å². The molecule has 548 valence electrons. The van der Waals surface area contributed by atoms with Crippen LogP contribution in [0.1, 0.15) is 376 Å². The number of hydrogen-bond donors (Lipinski definition) is 1. The molecule has 0 aromatic carbocycles. The lowest BCUT2D eigenvalue weighted by Crippen LogP contribution is -2.34. The Kier molecular flexibility index (Phi) is 37.4. The number of imide groups is 1. The van der Waals surface area contributed by atoms with Gasteiger partial charge in [-0.05, 0) is 166 Å². The largest absolute Gasteiger partial charge is 0.391 e. The second-order valence-corrected chi connectivity index (χ2v) is 37.2. The fraction of sp³-hybridized carbons (Fsp3) is 0.659. The molecule has 7 aromatic rings. The van der Waals surface area contributed by atoms with E-state index in [1.54, 1.807) is 27.6 Å². The number of carbonyl (C=O) groups is 2. The fourth-order valence-corrected chi connectivity index (χ4v) is 24.2. The monoisotopic (exact) mass is 1470 g/mol. The molecule has 0 radical (unpaired) electrons. The van der Waals surface area contributed by atoms with Crippen LogP contribution in [-0.4, -0.2) is 28.4 Å². The van der Waals surface area contributed by atoms with E-state index in [0.29, 0.717) is 17.7 Å². The Balaban J connectivity index is 1.30. The van der Waals surface area contributed by atoms with E-state index >= 15 is 9.59 Å². The van der Waals surface area contributed by atoms with Crippen LogP contribution >= 0.6 is 79.4 Å². The van der Waals surface area contributed by atoms with Crippen LogP contribution in [0.5, 0.6) is 0 Å². The molecule has 0 aliphatic carbocycles. The van der Waals surface area contributed by atoms with E-state index < -0.39 is 0 Å². The predicted octanol–water partition coefficient (Wildman–Crippen LogP) is 31.2. The number of nitrogens with zero attached hydrogens (tertiary/aromatic N) is 1. The predicted molar refractivity (Wildman–Crippen MR) is 446 cm³/mol. The molecule has 1 atom stereocenters. The van der Waals surface area contributed by atoms with Crippen molar-refractivity contribution in [2.75, 3.05) is 6.54 Å². The van der Waals surface area contributed by atoms with Gasteiger partial charge in [0.2, 0.25) is 0 Å². The van der Waals surface area contributed by atoms with Gasteiger partial charge >= 0.3 is 0 Å². The third kappa shape index (κ3) is 24.0. The highest BCUT2D eigenvalue weighted by Crippen LogP contribution is 2.56. The summed E-state index contributed by atoms with van der Waals surface area (Å²) in [4.78, 5) is 51.8. The van der Waals surface area contributed by atoms with E-state index in [4.69, 9.17) is 0 Å². The molecule has 4 nitrogen and oxygen atoms in total. The topological polar surface area (TPSA) is 57.6 Å². The van der Waals surface area contributed by atoms with Gasteiger partial charge in [0.05, 0.1) is 27.5 Å². The van der Waals surface area contributed by atoms with Crippen LogP contribution in [0.15, 0.2) is 36.4 Å². The number of thiophene rings is 7. The van der Waals surface area contributed by atoms with Crippen molar-refractivity contribution in [2.45, 2.75) is 364 Å². The summed E-state index contributed by atoms with van der Waals surface area (Å²) in [6.45, 7) is 21.3. The van der Waals surface area contributed by atoms with Gasteiger partial charge in [0.25, 0.3) is 11.8 Å². The molecular formula is C88H131NO3S7. The summed E-state index contributed by atoms with van der Waals surface area (Å²) in [6.07, 6.45) is 55.8. The van der Waals surface area contributed by atoms with E-state index in [1.807, 2.05) is 56.7 Å². The van der Waals surface area contributed by atoms with Gasteiger partial charge in [-0.3, -0.25) is 14.5 Å². The summed E-state index contributed by atoms with van der Waals surface area (Å²) in [5.74, 6) is 0.134. The third-order valence-corrected chi connectivity index (χ3v) is 30.3. The Bertz CT molecular complexity index is 3440. The summed E-state index contributed by atoms with van der Waals surface area (Å²) in [7, 11) is 0. The molecule has 0 spiro atoms. The standard InChI is InChI=1S/C88H131NO3S7/c1-10-18-25-31-37-43-50-66-56-64(9)93-79(66)73-58-68(52-45-39-33-27-20-12-3)81(95-73)75-60-70(54-47-41-35-29-22-14-5)83(97-75)85-77-78(88(92)89(87(77)91)62-65(17-8)49-24-16-7)86(99-85)84-71(55-48-42-36-30-23-15-6)61-76(98-84)82-69(53-46-40-34-28-21-13-4)59-74(96-82)80-67(57-72(63-90)94-80)51-44-38-32-26-19-11-2/h56-61,65,90H,10-55,62-63H2,1-9H3. The third-order valence-electron chi connectivity index (χ3n) is 21.1. The fourth-order valence-electron chi connectivity index (χ4n) is 15.1. The minimum absolute atomic E-state index is 0.0654. The molecule has 8 rings (SSSR count). The van der Waals surface area contributed by atoms with E-state index in [-0.39, 0.29) is 24.3 Å². The van der Waals surface area contributed by atoms with Crippen molar-refractivity contribution in [2.24, 2.45) is 5.92 Å². The second kappa shape index (κ2) is 45.4. The molecule has 1 unspecified atom stereocenters. The van der Waals surface area contributed by atoms with E-state index in [0.717, 1.165) is 91.7 Å². The lowest BCUT2D eigenvalue weighted by molar-refractivity contribution is 0.0624. The molecule has 0 fully saturated rings. The van der Waals surface area contributed by atoms with Crippen LogP contribution in [0.2, 0.25) is 0 Å². The lowest BCUT2D eigenvalue weighted by atomic mass is 9.99. The molecule has 99 heavy (non-hydrogen) atoms. The average Bonchev–Trinajstić information content (AvgIpc) is 1.56. The molecule has 8 heterocycles. The number of fused-ring (bicyclic) bond motifs is 1. The Labute approximate surface area is 631 Å². The SMILES string of the molecule is CCCCCCCCc1cc(C)sc1-c1cc(CCCCCCCC)c(-c2cc(CCCCCCCC)c(-c3sc(-c4sc(-c5sc(-c6sc(CO)cc6CCCCCCCC)cc5CCCCCCCC)cc4CCCCCCCC)c4c3C(=O)N(CC(CC)CCCC)C4=O)s2)s1. The van der Waals surface area contributed by atoms with Gasteiger partial charge in [0, 0.05) is 65.1 Å². The first kappa shape index (κ1) is 81.7. The van der Waals surface area contributed by atoms with Gasteiger partial charge in [-0.1, -0.05) is 267 Å². The van der Waals surface area contributed by atoms with Gasteiger partial charge < -0.3 is 5.11 Å². The number of unbranched alkanes of at least 4 members (excludes halogenated alkanes) is 31. The molecule has 7 aromatic heterocycles.